The highest BCUT2D eigenvalue weighted by Gasteiger charge is 2.18. The number of benzene rings is 4. The average Bonchev–Trinajstić information content (AvgIpc) is 2.90. The van der Waals surface area contributed by atoms with E-state index in [1.165, 1.54) is 61.2 Å². The molecule has 4 rings (SSSR count). The quantitative estimate of drug-likeness (QED) is 0.0788. The summed E-state index contributed by atoms with van der Waals surface area (Å²) in [5.41, 5.74) is 0.745. The normalized spacial score (nSPS) is 11.0. The van der Waals surface area contributed by atoms with Gasteiger partial charge in [-0.15, -0.1) is 0 Å². The Morgan fingerprint density at radius 2 is 1.28 bits per heavy atom. The molecule has 0 saturated carbocycles. The number of phenolic OH excluding ortho intramolecular Hbond substituents is 1. The van der Waals surface area contributed by atoms with Gasteiger partial charge in [-0.25, -0.2) is 22.0 Å². The number of ketones is 1. The van der Waals surface area contributed by atoms with Gasteiger partial charge >= 0.3 is 5.78 Å². The van der Waals surface area contributed by atoms with E-state index in [0.29, 0.717) is 20.9 Å². The SMILES string of the molecule is C=C/C=C(\C)F.Oc1ccc(C(=[OH+])c2ccc(Sc3ccc(Sc4cc(F)c(F)c(F)c4)cc3)c(F)c2)cc1. The highest BCUT2D eigenvalue weighted by Crippen LogP contribution is 2.34. The van der Waals surface area contributed by atoms with Crippen molar-refractivity contribution in [2.45, 2.75) is 26.5 Å². The van der Waals surface area contributed by atoms with Crippen molar-refractivity contribution in [3.8, 4) is 5.75 Å². The van der Waals surface area contributed by atoms with E-state index < -0.39 is 23.3 Å². The average molecular weight is 574 g/mol. The molecule has 0 bridgehead atoms. The molecule has 39 heavy (non-hydrogen) atoms. The maximum atomic E-state index is 14.7. The Balaban J connectivity index is 0.000000631. The summed E-state index contributed by atoms with van der Waals surface area (Å²) in [6.45, 7) is 4.66. The molecule has 9 heteroatoms. The number of rotatable bonds is 7. The van der Waals surface area contributed by atoms with Crippen molar-refractivity contribution in [1.29, 1.82) is 0 Å². The summed E-state index contributed by atoms with van der Waals surface area (Å²) in [6, 6.07) is 19.0. The van der Waals surface area contributed by atoms with Gasteiger partial charge in [0.2, 0.25) is 0 Å². The van der Waals surface area contributed by atoms with Crippen LogP contribution in [-0.2, 0) is 0 Å². The zero-order valence-electron chi connectivity index (χ0n) is 20.5. The predicted octanol–water partition coefficient (Wildman–Crippen LogP) is 9.24. The summed E-state index contributed by atoms with van der Waals surface area (Å²) in [5.74, 6) is -4.78. The highest BCUT2D eigenvalue weighted by atomic mass is 32.2. The summed E-state index contributed by atoms with van der Waals surface area (Å²) in [7, 11) is 0. The number of halogens is 5. The molecule has 2 nitrogen and oxygen atoms in total. The van der Waals surface area contributed by atoms with Gasteiger partial charge in [0, 0.05) is 19.6 Å². The number of carbonyl (C=O) groups excluding carboxylic acids is 1. The van der Waals surface area contributed by atoms with Crippen molar-refractivity contribution in [1.82, 2.24) is 0 Å². The van der Waals surface area contributed by atoms with Crippen LogP contribution in [0.3, 0.4) is 0 Å². The zero-order chi connectivity index (χ0) is 28.5. The maximum Gasteiger partial charge on any atom is 0.354 e. The van der Waals surface area contributed by atoms with Gasteiger partial charge in [0.1, 0.15) is 11.6 Å². The van der Waals surface area contributed by atoms with Crippen LogP contribution in [0.1, 0.15) is 18.1 Å². The molecular weight excluding hydrogens is 551 g/mol. The summed E-state index contributed by atoms with van der Waals surface area (Å²) in [6.07, 6.45) is 2.72. The molecular formula is C30H22F5O2S2+. The molecule has 0 aromatic heterocycles. The molecule has 4 aromatic carbocycles. The molecule has 0 aliphatic heterocycles. The summed E-state index contributed by atoms with van der Waals surface area (Å²) < 4.78 is 66.0. The molecule has 0 saturated heterocycles. The molecule has 0 unspecified atom stereocenters. The summed E-state index contributed by atoms with van der Waals surface area (Å²) >= 11 is 2.25. The van der Waals surface area contributed by atoms with E-state index in [9.17, 15) is 31.9 Å². The summed E-state index contributed by atoms with van der Waals surface area (Å²) in [5, 5.41) is 9.35. The van der Waals surface area contributed by atoms with Crippen LogP contribution in [0.4, 0.5) is 22.0 Å². The van der Waals surface area contributed by atoms with Gasteiger partial charge in [-0.2, -0.15) is 0 Å². The molecule has 0 aliphatic carbocycles. The molecule has 200 valence electrons. The second-order valence-corrected chi connectivity index (χ2v) is 10.2. The number of hydrogen-bond acceptors (Lipinski definition) is 3. The van der Waals surface area contributed by atoms with Gasteiger partial charge in [0.25, 0.3) is 0 Å². The molecule has 0 atom stereocenters. The third-order valence-electron chi connectivity index (χ3n) is 4.94. The lowest BCUT2D eigenvalue weighted by atomic mass is 10.0. The number of aromatic hydroxyl groups is 1. The van der Waals surface area contributed by atoms with Crippen LogP contribution in [0.25, 0.3) is 0 Å². The minimum absolute atomic E-state index is 0.0610. The summed E-state index contributed by atoms with van der Waals surface area (Å²) in [4.78, 5) is 12.4. The molecule has 0 radical (unpaired) electrons. The van der Waals surface area contributed by atoms with Crippen molar-refractivity contribution >= 4 is 29.3 Å². The topological polar surface area (TPSA) is 41.6 Å². The second kappa shape index (κ2) is 13.8. The lowest BCUT2D eigenvalue weighted by Gasteiger charge is -2.07. The van der Waals surface area contributed by atoms with Crippen LogP contribution >= 0.6 is 23.5 Å². The first-order valence-electron chi connectivity index (χ1n) is 11.3. The van der Waals surface area contributed by atoms with Crippen LogP contribution in [-0.4, -0.2) is 15.7 Å². The standard InChI is InChI=1S/C25H14F4O2S2.C5H7F/c26-20-11-15(25(31)14-1-4-16(30)5-2-14)3-10-23(20)33-18-8-6-17(7-9-18)32-19-12-21(27)24(29)22(28)13-19;1-3-4-5(2)6/h1-13,30H;3-4H,1H2,2H3/p+1/b;5-4+. The van der Waals surface area contributed by atoms with Crippen LogP contribution in [0.2, 0.25) is 0 Å². The maximum absolute atomic E-state index is 14.7. The molecule has 4 aromatic rings. The number of hydrogen-bond donors (Lipinski definition) is 1. The van der Waals surface area contributed by atoms with Crippen molar-refractivity contribution in [3.05, 3.63) is 138 Å². The van der Waals surface area contributed by atoms with Gasteiger partial charge in [0.05, 0.1) is 17.0 Å². The van der Waals surface area contributed by atoms with Gasteiger partial charge in [0.15, 0.2) is 17.5 Å². The molecule has 2 N–H and O–H groups in total. The number of allylic oxidation sites excluding steroid dienone is 3. The fourth-order valence-corrected chi connectivity index (χ4v) is 4.80. The Morgan fingerprint density at radius 1 is 0.744 bits per heavy atom. The third kappa shape index (κ3) is 8.59. The van der Waals surface area contributed by atoms with Crippen molar-refractivity contribution < 1.29 is 31.9 Å². The molecule has 0 heterocycles. The van der Waals surface area contributed by atoms with E-state index >= 15 is 0 Å². The van der Waals surface area contributed by atoms with Gasteiger partial charge in [-0.05, 0) is 91.9 Å². The van der Waals surface area contributed by atoms with Gasteiger partial charge < -0.3 is 5.11 Å². The lowest BCUT2D eigenvalue weighted by molar-refractivity contribution is 0.443. The third-order valence-corrected chi connectivity index (χ3v) is 6.98. The molecule has 0 spiro atoms. The Kier molecular flexibility index (Phi) is 10.5. The minimum atomic E-state index is -1.51. The molecule has 0 amide bonds. The molecule has 0 aliphatic rings. The fourth-order valence-electron chi connectivity index (χ4n) is 3.11. The predicted molar refractivity (Wildman–Crippen MR) is 146 cm³/mol. The van der Waals surface area contributed by atoms with Crippen molar-refractivity contribution in [2.24, 2.45) is 0 Å². The zero-order valence-corrected chi connectivity index (χ0v) is 22.1. The van der Waals surface area contributed by atoms with Crippen molar-refractivity contribution in [2.75, 3.05) is 0 Å². The second-order valence-electron chi connectivity index (χ2n) is 7.91. The van der Waals surface area contributed by atoms with E-state index in [4.69, 9.17) is 0 Å². The molecule has 0 fully saturated rings. The van der Waals surface area contributed by atoms with E-state index in [-0.39, 0.29) is 22.3 Å². The number of phenols is 1. The lowest BCUT2D eigenvalue weighted by Crippen LogP contribution is -2.03. The Labute approximate surface area is 230 Å². The van der Waals surface area contributed by atoms with E-state index in [1.807, 2.05) is 0 Å². The smallest absolute Gasteiger partial charge is 0.354 e. The Morgan fingerprint density at radius 3 is 1.77 bits per heavy atom. The Bertz CT molecular complexity index is 1470. The first-order valence-corrected chi connectivity index (χ1v) is 12.9. The fraction of sp³-hybridized carbons (Fsp3) is 0.0333. The van der Waals surface area contributed by atoms with E-state index in [2.05, 4.69) is 6.58 Å². The van der Waals surface area contributed by atoms with Crippen molar-refractivity contribution in [3.63, 3.8) is 0 Å². The monoisotopic (exact) mass is 573 g/mol. The van der Waals surface area contributed by atoms with Gasteiger partial charge in [-0.3, -0.25) is 4.79 Å². The van der Waals surface area contributed by atoms with Crippen LogP contribution in [0.15, 0.2) is 123 Å². The Hall–Kier alpha value is -3.82. The highest BCUT2D eigenvalue weighted by molar-refractivity contribution is 7.99. The van der Waals surface area contributed by atoms with E-state index in [1.54, 1.807) is 36.4 Å². The first kappa shape index (κ1) is 29.7. The van der Waals surface area contributed by atoms with Crippen LogP contribution < -0.4 is 0 Å². The minimum Gasteiger partial charge on any atom is -0.508 e. The van der Waals surface area contributed by atoms with Gasteiger partial charge in [-0.1, -0.05) is 36.2 Å². The van der Waals surface area contributed by atoms with Crippen LogP contribution in [0.5, 0.6) is 5.75 Å². The van der Waals surface area contributed by atoms with E-state index in [0.717, 1.165) is 28.8 Å². The van der Waals surface area contributed by atoms with Crippen LogP contribution in [0, 0.1) is 23.3 Å². The first-order chi connectivity index (χ1) is 18.6. The largest absolute Gasteiger partial charge is 0.508 e.